The van der Waals surface area contributed by atoms with Gasteiger partial charge in [-0.3, -0.25) is 0 Å². The first-order valence-electron chi connectivity index (χ1n) is 7.79. The third kappa shape index (κ3) is 4.03. The van der Waals surface area contributed by atoms with Gasteiger partial charge < -0.3 is 5.32 Å². The van der Waals surface area contributed by atoms with Gasteiger partial charge in [0.1, 0.15) is 0 Å². The zero-order valence-corrected chi connectivity index (χ0v) is 13.6. The quantitative estimate of drug-likeness (QED) is 0.850. The highest BCUT2D eigenvalue weighted by atomic mass is 32.1. The molecule has 0 saturated heterocycles. The lowest BCUT2D eigenvalue weighted by Gasteiger charge is -2.26. The molecule has 1 saturated carbocycles. The molecule has 0 aromatic carbocycles. The summed E-state index contributed by atoms with van der Waals surface area (Å²) < 4.78 is 0. The topological polar surface area (TPSA) is 24.9 Å². The van der Waals surface area contributed by atoms with Gasteiger partial charge in [-0.05, 0) is 38.5 Å². The molecule has 2 rings (SSSR count). The molecule has 0 spiro atoms. The molecule has 0 radical (unpaired) electrons. The van der Waals surface area contributed by atoms with Crippen LogP contribution in [-0.4, -0.2) is 11.0 Å². The highest BCUT2D eigenvalue weighted by Crippen LogP contribution is 2.39. The van der Waals surface area contributed by atoms with Gasteiger partial charge >= 0.3 is 0 Å². The molecule has 0 unspecified atom stereocenters. The van der Waals surface area contributed by atoms with Crippen molar-refractivity contribution < 1.29 is 0 Å². The Morgan fingerprint density at radius 2 is 1.95 bits per heavy atom. The van der Waals surface area contributed by atoms with Crippen molar-refractivity contribution in [2.24, 2.45) is 5.92 Å². The lowest BCUT2D eigenvalue weighted by Crippen LogP contribution is -2.21. The van der Waals surface area contributed by atoms with E-state index in [4.69, 9.17) is 4.98 Å². The summed E-state index contributed by atoms with van der Waals surface area (Å²) in [6.45, 7) is 9.86. The highest BCUT2D eigenvalue weighted by Gasteiger charge is 2.24. The second-order valence-electron chi connectivity index (χ2n) is 6.22. The van der Waals surface area contributed by atoms with E-state index in [9.17, 15) is 0 Å². The van der Waals surface area contributed by atoms with Crippen LogP contribution in [0, 0.1) is 12.8 Å². The second-order valence-corrected chi connectivity index (χ2v) is 7.34. The van der Waals surface area contributed by atoms with Gasteiger partial charge in [-0.15, -0.1) is 11.3 Å². The molecule has 108 valence electrons. The molecule has 1 heterocycles. The van der Waals surface area contributed by atoms with Gasteiger partial charge in [-0.25, -0.2) is 4.98 Å². The fourth-order valence-corrected chi connectivity index (χ4v) is 4.09. The molecule has 0 amide bonds. The molecule has 19 heavy (non-hydrogen) atoms. The van der Waals surface area contributed by atoms with Gasteiger partial charge in [0.2, 0.25) is 0 Å². The Labute approximate surface area is 122 Å². The minimum Gasteiger partial charge on any atom is -0.310 e. The van der Waals surface area contributed by atoms with E-state index in [-0.39, 0.29) is 0 Å². The van der Waals surface area contributed by atoms with Crippen molar-refractivity contribution in [3.8, 4) is 0 Å². The molecule has 1 aromatic heterocycles. The predicted molar refractivity (Wildman–Crippen MR) is 83.8 cm³/mol. The molecular formula is C16H28N2S. The van der Waals surface area contributed by atoms with Crippen molar-refractivity contribution in [3.63, 3.8) is 0 Å². The smallest absolute Gasteiger partial charge is 0.0962 e. The summed E-state index contributed by atoms with van der Waals surface area (Å²) in [7, 11) is 0. The summed E-state index contributed by atoms with van der Waals surface area (Å²) in [6, 6.07) is 0.546. The average Bonchev–Trinajstić information content (AvgIpc) is 2.78. The number of nitrogens with zero attached hydrogens (tertiary/aromatic N) is 1. The van der Waals surface area contributed by atoms with Crippen LogP contribution >= 0.6 is 11.3 Å². The number of nitrogens with one attached hydrogen (secondary N) is 1. The Hall–Kier alpha value is -0.410. The third-order valence-corrected chi connectivity index (χ3v) is 5.67. The minimum atomic E-state index is 0.546. The lowest BCUT2D eigenvalue weighted by atomic mass is 9.81. The third-order valence-electron chi connectivity index (χ3n) is 4.35. The number of hydrogen-bond donors (Lipinski definition) is 1. The van der Waals surface area contributed by atoms with Crippen molar-refractivity contribution in [2.75, 3.05) is 0 Å². The van der Waals surface area contributed by atoms with E-state index < -0.39 is 0 Å². The minimum absolute atomic E-state index is 0.546. The van der Waals surface area contributed by atoms with Crippen molar-refractivity contribution in [1.29, 1.82) is 0 Å². The molecule has 2 nitrogen and oxygen atoms in total. The van der Waals surface area contributed by atoms with E-state index in [0.29, 0.717) is 6.04 Å². The van der Waals surface area contributed by atoms with E-state index in [2.05, 4.69) is 33.0 Å². The maximum atomic E-state index is 4.84. The summed E-state index contributed by atoms with van der Waals surface area (Å²) in [5.41, 5.74) is 1.24. The summed E-state index contributed by atoms with van der Waals surface area (Å²) in [4.78, 5) is 6.27. The molecule has 1 aliphatic carbocycles. The van der Waals surface area contributed by atoms with Crippen molar-refractivity contribution in [1.82, 2.24) is 10.3 Å². The van der Waals surface area contributed by atoms with Crippen LogP contribution in [0.4, 0.5) is 0 Å². The second kappa shape index (κ2) is 6.85. The molecular weight excluding hydrogens is 252 g/mol. The molecule has 0 aliphatic heterocycles. The maximum absolute atomic E-state index is 4.84. The molecule has 1 aromatic rings. The Morgan fingerprint density at radius 1 is 1.26 bits per heavy atom. The molecule has 1 fully saturated rings. The number of thiazole rings is 1. The van der Waals surface area contributed by atoms with Crippen LogP contribution in [0.2, 0.25) is 0 Å². The van der Waals surface area contributed by atoms with E-state index >= 15 is 0 Å². The van der Waals surface area contributed by atoms with E-state index in [1.807, 2.05) is 11.3 Å². The van der Waals surface area contributed by atoms with Gasteiger partial charge in [0.05, 0.1) is 10.7 Å². The summed E-state index contributed by atoms with van der Waals surface area (Å²) in [5, 5.41) is 4.90. The Kier molecular flexibility index (Phi) is 5.40. The van der Waals surface area contributed by atoms with Crippen LogP contribution in [0.1, 0.15) is 74.4 Å². The number of aromatic nitrogens is 1. The summed E-state index contributed by atoms with van der Waals surface area (Å²) in [6.07, 6.45) is 6.86. The predicted octanol–water partition coefficient (Wildman–Crippen LogP) is 4.63. The zero-order valence-electron chi connectivity index (χ0n) is 12.8. The number of hydrogen-bond acceptors (Lipinski definition) is 3. The first-order chi connectivity index (χ1) is 9.10. The molecule has 1 aliphatic rings. The molecule has 3 heteroatoms. The SMILES string of the molecule is CCC1CCC(c2nc(C)c(CNC(C)C)s2)CC1. The fraction of sp³-hybridized carbons (Fsp3) is 0.812. The Morgan fingerprint density at radius 3 is 2.53 bits per heavy atom. The fourth-order valence-electron chi connectivity index (χ4n) is 2.90. The van der Waals surface area contributed by atoms with Crippen molar-refractivity contribution >= 4 is 11.3 Å². The Balaban J connectivity index is 1.96. The zero-order chi connectivity index (χ0) is 13.8. The van der Waals surface area contributed by atoms with Crippen molar-refractivity contribution in [2.45, 2.75) is 78.3 Å². The van der Waals surface area contributed by atoms with Gasteiger partial charge in [0, 0.05) is 23.4 Å². The van der Waals surface area contributed by atoms with Crippen LogP contribution < -0.4 is 5.32 Å². The largest absolute Gasteiger partial charge is 0.310 e. The van der Waals surface area contributed by atoms with Crippen LogP contribution in [0.25, 0.3) is 0 Å². The number of aryl methyl sites for hydroxylation is 1. The summed E-state index contributed by atoms with van der Waals surface area (Å²) >= 11 is 1.94. The highest BCUT2D eigenvalue weighted by molar-refractivity contribution is 7.11. The summed E-state index contributed by atoms with van der Waals surface area (Å²) in [5.74, 6) is 1.71. The van der Waals surface area contributed by atoms with Crippen LogP contribution in [-0.2, 0) is 6.54 Å². The first-order valence-corrected chi connectivity index (χ1v) is 8.61. The maximum Gasteiger partial charge on any atom is 0.0962 e. The van der Waals surface area contributed by atoms with Crippen LogP contribution in [0.15, 0.2) is 0 Å². The Bertz CT molecular complexity index is 389. The van der Waals surface area contributed by atoms with E-state index in [1.54, 1.807) is 0 Å². The van der Waals surface area contributed by atoms with Crippen LogP contribution in [0.5, 0.6) is 0 Å². The van der Waals surface area contributed by atoms with Crippen LogP contribution in [0.3, 0.4) is 0 Å². The van der Waals surface area contributed by atoms with Gasteiger partial charge in [-0.2, -0.15) is 0 Å². The standard InChI is InChI=1S/C16H28N2S/c1-5-13-6-8-14(9-7-13)16-18-12(4)15(19-16)10-17-11(2)3/h11,13-14,17H,5-10H2,1-4H3. The molecule has 1 N–H and O–H groups in total. The lowest BCUT2D eigenvalue weighted by molar-refractivity contribution is 0.318. The first kappa shape index (κ1) is 15.0. The monoisotopic (exact) mass is 280 g/mol. The average molecular weight is 280 g/mol. The van der Waals surface area contributed by atoms with Gasteiger partial charge in [0.15, 0.2) is 0 Å². The van der Waals surface area contributed by atoms with Gasteiger partial charge in [-0.1, -0.05) is 27.2 Å². The van der Waals surface area contributed by atoms with Crippen molar-refractivity contribution in [3.05, 3.63) is 15.6 Å². The van der Waals surface area contributed by atoms with Gasteiger partial charge in [0.25, 0.3) is 0 Å². The molecule has 0 atom stereocenters. The normalized spacial score (nSPS) is 24.1. The van der Waals surface area contributed by atoms with E-state index in [0.717, 1.165) is 18.4 Å². The number of rotatable bonds is 5. The molecule has 0 bridgehead atoms. The van der Waals surface area contributed by atoms with E-state index in [1.165, 1.54) is 47.7 Å².